The summed E-state index contributed by atoms with van der Waals surface area (Å²) in [5, 5.41) is 2.84. The predicted molar refractivity (Wildman–Crippen MR) is 121 cm³/mol. The van der Waals surface area contributed by atoms with E-state index >= 15 is 0 Å². The molecule has 8 nitrogen and oxygen atoms in total. The summed E-state index contributed by atoms with van der Waals surface area (Å²) in [7, 11) is 1.67. The SMILES string of the molecule is Cn1cncc1-c1cc(C(=O)NC2CCC(Oc3ncccc3C(N)=O)CC2)cc(C(F)(F)F)c1. The number of nitrogens with zero attached hydrogens (tertiary/aromatic N) is 3. The number of rotatable bonds is 6. The predicted octanol–water partition coefficient (Wildman–Crippen LogP) is 3.72. The Morgan fingerprint density at radius 2 is 1.91 bits per heavy atom. The number of nitrogens with two attached hydrogens (primary N) is 1. The van der Waals surface area contributed by atoms with Gasteiger partial charge in [-0.2, -0.15) is 13.2 Å². The van der Waals surface area contributed by atoms with Crippen molar-refractivity contribution < 1.29 is 27.5 Å². The van der Waals surface area contributed by atoms with E-state index in [2.05, 4.69) is 15.3 Å². The number of halogens is 3. The lowest BCUT2D eigenvalue weighted by Crippen LogP contribution is -2.40. The molecule has 4 rings (SSSR count). The van der Waals surface area contributed by atoms with Crippen molar-refractivity contribution in [1.82, 2.24) is 19.9 Å². The Morgan fingerprint density at radius 3 is 2.54 bits per heavy atom. The number of carbonyl (C=O) groups is 2. The van der Waals surface area contributed by atoms with Crippen LogP contribution in [0.25, 0.3) is 11.3 Å². The molecule has 3 aromatic rings. The molecule has 11 heteroatoms. The van der Waals surface area contributed by atoms with Crippen LogP contribution >= 0.6 is 0 Å². The fourth-order valence-corrected chi connectivity index (χ4v) is 4.13. The van der Waals surface area contributed by atoms with Gasteiger partial charge in [0.05, 0.1) is 23.8 Å². The zero-order chi connectivity index (χ0) is 25.2. The molecular formula is C24H24F3N5O3. The lowest BCUT2D eigenvalue weighted by Gasteiger charge is -2.29. The van der Waals surface area contributed by atoms with Crippen LogP contribution in [0.4, 0.5) is 13.2 Å². The Morgan fingerprint density at radius 1 is 1.17 bits per heavy atom. The quantitative estimate of drug-likeness (QED) is 0.551. The second-order valence-electron chi connectivity index (χ2n) is 8.47. The number of hydrogen-bond acceptors (Lipinski definition) is 5. The Labute approximate surface area is 199 Å². The largest absolute Gasteiger partial charge is 0.474 e. The number of imidazole rings is 1. The molecule has 1 saturated carbocycles. The Bertz CT molecular complexity index is 1230. The van der Waals surface area contributed by atoms with Gasteiger partial charge >= 0.3 is 6.18 Å². The molecule has 1 aliphatic carbocycles. The van der Waals surface area contributed by atoms with Crippen LogP contribution in [-0.2, 0) is 13.2 Å². The third-order valence-electron chi connectivity index (χ3n) is 5.96. The topological polar surface area (TPSA) is 112 Å². The Balaban J connectivity index is 1.44. The first-order chi connectivity index (χ1) is 16.6. The molecule has 0 spiro atoms. The first-order valence-corrected chi connectivity index (χ1v) is 11.0. The molecule has 2 heterocycles. The number of alkyl halides is 3. The van der Waals surface area contributed by atoms with E-state index in [1.54, 1.807) is 17.7 Å². The first-order valence-electron chi connectivity index (χ1n) is 11.0. The van der Waals surface area contributed by atoms with Crippen LogP contribution in [0.5, 0.6) is 5.88 Å². The number of primary amides is 1. The maximum absolute atomic E-state index is 13.5. The molecule has 2 amide bonds. The van der Waals surface area contributed by atoms with Crippen molar-refractivity contribution in [3.63, 3.8) is 0 Å². The standard InChI is InChI=1S/C24H24F3N5O3/c1-32-13-29-12-20(32)14-9-15(11-16(10-14)24(25,26)27)22(34)31-17-4-6-18(7-5-17)35-23-19(21(28)33)3-2-8-30-23/h2-3,8-13,17-18H,4-7H2,1H3,(H2,28,33)(H,31,34). The summed E-state index contributed by atoms with van der Waals surface area (Å²) in [6.45, 7) is 0. The summed E-state index contributed by atoms with van der Waals surface area (Å²) in [5.74, 6) is -1.05. The molecule has 35 heavy (non-hydrogen) atoms. The fourth-order valence-electron chi connectivity index (χ4n) is 4.13. The number of benzene rings is 1. The molecule has 1 fully saturated rings. The summed E-state index contributed by atoms with van der Waals surface area (Å²) >= 11 is 0. The maximum atomic E-state index is 13.5. The van der Waals surface area contributed by atoms with E-state index in [4.69, 9.17) is 10.5 Å². The second kappa shape index (κ2) is 9.77. The normalized spacial score (nSPS) is 18.2. The van der Waals surface area contributed by atoms with Gasteiger partial charge in [-0.1, -0.05) is 0 Å². The third-order valence-corrected chi connectivity index (χ3v) is 5.96. The van der Waals surface area contributed by atoms with E-state index in [-0.39, 0.29) is 34.7 Å². The molecule has 3 N–H and O–H groups in total. The van der Waals surface area contributed by atoms with Gasteiger partial charge in [-0.05, 0) is 56.0 Å². The highest BCUT2D eigenvalue weighted by atomic mass is 19.4. The summed E-state index contributed by atoms with van der Waals surface area (Å²) in [5.41, 5.74) is 5.29. The van der Waals surface area contributed by atoms with Crippen molar-refractivity contribution >= 4 is 11.8 Å². The first kappa shape index (κ1) is 24.2. The van der Waals surface area contributed by atoms with Gasteiger partial charge in [0.1, 0.15) is 11.7 Å². The van der Waals surface area contributed by atoms with Gasteiger partial charge < -0.3 is 20.4 Å². The van der Waals surface area contributed by atoms with E-state index in [1.165, 1.54) is 30.9 Å². The van der Waals surface area contributed by atoms with E-state index in [0.29, 0.717) is 31.4 Å². The molecule has 2 aromatic heterocycles. The van der Waals surface area contributed by atoms with Crippen LogP contribution < -0.4 is 15.8 Å². The summed E-state index contributed by atoms with van der Waals surface area (Å²) in [6.07, 6.45) is 1.87. The van der Waals surface area contributed by atoms with Crippen LogP contribution in [-0.4, -0.2) is 38.5 Å². The van der Waals surface area contributed by atoms with Crippen LogP contribution in [0, 0.1) is 0 Å². The van der Waals surface area contributed by atoms with Crippen LogP contribution in [0.1, 0.15) is 52.0 Å². The van der Waals surface area contributed by atoms with Gasteiger partial charge in [-0.15, -0.1) is 0 Å². The highest BCUT2D eigenvalue weighted by Crippen LogP contribution is 2.33. The van der Waals surface area contributed by atoms with Crippen molar-refractivity contribution in [3.8, 4) is 17.1 Å². The summed E-state index contributed by atoms with van der Waals surface area (Å²) in [4.78, 5) is 32.5. The molecular weight excluding hydrogens is 463 g/mol. The smallest absolute Gasteiger partial charge is 0.416 e. The van der Waals surface area contributed by atoms with Crippen molar-refractivity contribution in [2.24, 2.45) is 12.8 Å². The van der Waals surface area contributed by atoms with Crippen LogP contribution in [0.2, 0.25) is 0 Å². The number of pyridine rings is 1. The average Bonchev–Trinajstić information content (AvgIpc) is 3.25. The lowest BCUT2D eigenvalue weighted by atomic mass is 9.92. The fraction of sp³-hybridized carbons (Fsp3) is 0.333. The van der Waals surface area contributed by atoms with Crippen LogP contribution in [0.15, 0.2) is 49.1 Å². The van der Waals surface area contributed by atoms with Gasteiger partial charge in [0.2, 0.25) is 5.88 Å². The van der Waals surface area contributed by atoms with Crippen LogP contribution in [0.3, 0.4) is 0 Å². The number of ether oxygens (including phenoxy) is 1. The van der Waals surface area contributed by atoms with Gasteiger partial charge in [0, 0.05) is 30.4 Å². The molecule has 1 aromatic carbocycles. The Kier molecular flexibility index (Phi) is 6.77. The molecule has 0 atom stereocenters. The highest BCUT2D eigenvalue weighted by Gasteiger charge is 2.33. The van der Waals surface area contributed by atoms with E-state index < -0.39 is 23.6 Å². The zero-order valence-electron chi connectivity index (χ0n) is 18.9. The van der Waals surface area contributed by atoms with Gasteiger partial charge in [0.15, 0.2) is 0 Å². The summed E-state index contributed by atoms with van der Waals surface area (Å²) < 4.78 is 48.0. The molecule has 0 unspecified atom stereocenters. The summed E-state index contributed by atoms with van der Waals surface area (Å²) in [6, 6.07) is 6.20. The van der Waals surface area contributed by atoms with Crippen molar-refractivity contribution in [3.05, 3.63) is 65.7 Å². The van der Waals surface area contributed by atoms with E-state index in [9.17, 15) is 22.8 Å². The monoisotopic (exact) mass is 487 g/mol. The minimum Gasteiger partial charge on any atom is -0.474 e. The number of nitrogens with one attached hydrogen (secondary N) is 1. The van der Waals surface area contributed by atoms with Crippen molar-refractivity contribution in [1.29, 1.82) is 0 Å². The number of amides is 2. The minimum atomic E-state index is -4.60. The number of carbonyl (C=O) groups excluding carboxylic acids is 2. The average molecular weight is 487 g/mol. The number of aromatic nitrogens is 3. The van der Waals surface area contributed by atoms with Crippen molar-refractivity contribution in [2.45, 2.75) is 44.0 Å². The zero-order valence-corrected chi connectivity index (χ0v) is 18.9. The molecule has 1 aliphatic rings. The molecule has 0 aliphatic heterocycles. The molecule has 0 saturated heterocycles. The highest BCUT2D eigenvalue weighted by molar-refractivity contribution is 5.96. The third kappa shape index (κ3) is 5.61. The van der Waals surface area contributed by atoms with Gasteiger partial charge in [-0.25, -0.2) is 9.97 Å². The molecule has 0 radical (unpaired) electrons. The Hall–Kier alpha value is -3.89. The number of hydrogen-bond donors (Lipinski definition) is 2. The van der Waals surface area contributed by atoms with E-state index in [0.717, 1.165) is 12.1 Å². The lowest BCUT2D eigenvalue weighted by molar-refractivity contribution is -0.137. The van der Waals surface area contributed by atoms with Crippen molar-refractivity contribution in [2.75, 3.05) is 0 Å². The second-order valence-corrected chi connectivity index (χ2v) is 8.47. The van der Waals surface area contributed by atoms with Gasteiger partial charge in [-0.3, -0.25) is 9.59 Å². The van der Waals surface area contributed by atoms with E-state index in [1.807, 2.05) is 0 Å². The number of aryl methyl sites for hydroxylation is 1. The maximum Gasteiger partial charge on any atom is 0.416 e. The van der Waals surface area contributed by atoms with Gasteiger partial charge in [0.25, 0.3) is 11.8 Å². The molecule has 0 bridgehead atoms. The molecule has 184 valence electrons. The minimum absolute atomic E-state index is 0.0750.